The number of hydrogen-bond donors (Lipinski definition) is 1. The van der Waals surface area contributed by atoms with E-state index in [1.807, 2.05) is 16.8 Å². The van der Waals surface area contributed by atoms with Crippen molar-refractivity contribution in [3.05, 3.63) is 63.5 Å². The van der Waals surface area contributed by atoms with Crippen molar-refractivity contribution in [1.29, 1.82) is 0 Å². The SMILES string of the molecule is O=c1cc(-c2ccsc2)nc2sc(-c3c[nH]c4ccc(F)cc34)nn12. The highest BCUT2D eigenvalue weighted by Crippen LogP contribution is 2.32. The molecular formula is C17H9FN4OS2. The summed E-state index contributed by atoms with van der Waals surface area (Å²) < 4.78 is 14.9. The Labute approximate surface area is 148 Å². The maximum Gasteiger partial charge on any atom is 0.275 e. The van der Waals surface area contributed by atoms with Gasteiger partial charge in [0.05, 0.1) is 5.69 Å². The van der Waals surface area contributed by atoms with Gasteiger partial charge in [0.25, 0.3) is 5.56 Å². The monoisotopic (exact) mass is 368 g/mol. The number of halogens is 1. The fourth-order valence-electron chi connectivity index (χ4n) is 2.75. The first-order valence-electron chi connectivity index (χ1n) is 7.39. The molecule has 0 spiro atoms. The van der Waals surface area contributed by atoms with Crippen LogP contribution in [-0.4, -0.2) is 19.6 Å². The molecule has 0 radical (unpaired) electrons. The lowest BCUT2D eigenvalue weighted by molar-refractivity contribution is 0.630. The minimum atomic E-state index is -0.315. The largest absolute Gasteiger partial charge is 0.360 e. The number of hydrogen-bond acceptors (Lipinski definition) is 5. The van der Waals surface area contributed by atoms with Gasteiger partial charge < -0.3 is 4.98 Å². The van der Waals surface area contributed by atoms with E-state index in [1.54, 1.807) is 23.6 Å². The maximum absolute atomic E-state index is 13.6. The van der Waals surface area contributed by atoms with Gasteiger partial charge in [-0.25, -0.2) is 9.37 Å². The first-order chi connectivity index (χ1) is 12.2. The summed E-state index contributed by atoms with van der Waals surface area (Å²) >= 11 is 2.85. The van der Waals surface area contributed by atoms with Crippen LogP contribution in [0.1, 0.15) is 0 Å². The van der Waals surface area contributed by atoms with Crippen LogP contribution in [0.15, 0.2) is 52.1 Å². The molecule has 8 heteroatoms. The minimum absolute atomic E-state index is 0.236. The van der Waals surface area contributed by atoms with Gasteiger partial charge in [-0.1, -0.05) is 11.3 Å². The van der Waals surface area contributed by atoms with Crippen LogP contribution in [0.5, 0.6) is 0 Å². The second-order valence-electron chi connectivity index (χ2n) is 5.49. The number of fused-ring (bicyclic) bond motifs is 2. The van der Waals surface area contributed by atoms with E-state index in [0.29, 0.717) is 15.7 Å². The van der Waals surface area contributed by atoms with Crippen molar-refractivity contribution in [1.82, 2.24) is 19.6 Å². The first kappa shape index (κ1) is 14.5. The molecule has 5 rings (SSSR count). The van der Waals surface area contributed by atoms with Gasteiger partial charge in [-0.2, -0.15) is 21.0 Å². The number of nitrogens with zero attached hydrogens (tertiary/aromatic N) is 3. The predicted octanol–water partition coefficient (Wildman–Crippen LogP) is 4.17. The number of nitrogens with one attached hydrogen (secondary N) is 1. The number of thiophene rings is 1. The van der Waals surface area contributed by atoms with Crippen molar-refractivity contribution >= 4 is 38.5 Å². The predicted molar refractivity (Wildman–Crippen MR) is 97.7 cm³/mol. The number of benzene rings is 1. The Balaban J connectivity index is 1.73. The van der Waals surface area contributed by atoms with Gasteiger partial charge in [0.1, 0.15) is 10.8 Å². The molecule has 0 aliphatic rings. The topological polar surface area (TPSA) is 63.0 Å². The fourth-order valence-corrected chi connectivity index (χ4v) is 4.33. The zero-order valence-corrected chi connectivity index (χ0v) is 14.2. The van der Waals surface area contributed by atoms with Gasteiger partial charge in [-0.3, -0.25) is 4.79 Å². The van der Waals surface area contributed by atoms with Gasteiger partial charge >= 0.3 is 0 Å². The molecule has 0 saturated heterocycles. The Morgan fingerprint density at radius 1 is 1.20 bits per heavy atom. The summed E-state index contributed by atoms with van der Waals surface area (Å²) in [5, 5.41) is 9.61. The van der Waals surface area contributed by atoms with E-state index in [4.69, 9.17) is 0 Å². The van der Waals surface area contributed by atoms with Crippen LogP contribution in [0.2, 0.25) is 0 Å². The number of H-pyrrole nitrogens is 1. The van der Waals surface area contributed by atoms with Gasteiger partial charge in [-0.05, 0) is 29.6 Å². The van der Waals surface area contributed by atoms with E-state index in [2.05, 4.69) is 15.1 Å². The number of rotatable bonds is 2. The Morgan fingerprint density at radius 2 is 2.12 bits per heavy atom. The van der Waals surface area contributed by atoms with Gasteiger partial charge in [-0.15, -0.1) is 0 Å². The summed E-state index contributed by atoms with van der Waals surface area (Å²) in [7, 11) is 0. The van der Waals surface area contributed by atoms with Crippen LogP contribution in [0.4, 0.5) is 4.39 Å². The Morgan fingerprint density at radius 3 is 2.96 bits per heavy atom. The van der Waals surface area contributed by atoms with Crippen molar-refractivity contribution in [2.75, 3.05) is 0 Å². The number of aromatic nitrogens is 4. The van der Waals surface area contributed by atoms with Crippen LogP contribution >= 0.6 is 22.7 Å². The van der Waals surface area contributed by atoms with E-state index in [0.717, 1.165) is 22.0 Å². The van der Waals surface area contributed by atoms with Gasteiger partial charge in [0.15, 0.2) is 0 Å². The van der Waals surface area contributed by atoms with Crippen LogP contribution < -0.4 is 5.56 Å². The molecule has 1 N–H and O–H groups in total. The van der Waals surface area contributed by atoms with Crippen molar-refractivity contribution in [2.24, 2.45) is 0 Å². The van der Waals surface area contributed by atoms with Crippen molar-refractivity contribution in [3.8, 4) is 21.8 Å². The highest BCUT2D eigenvalue weighted by atomic mass is 32.1. The molecule has 0 atom stereocenters. The van der Waals surface area contributed by atoms with Crippen LogP contribution in [0.3, 0.4) is 0 Å². The third-order valence-electron chi connectivity index (χ3n) is 3.94. The minimum Gasteiger partial charge on any atom is -0.360 e. The molecule has 4 heterocycles. The molecule has 0 aliphatic carbocycles. The van der Waals surface area contributed by atoms with E-state index in [9.17, 15) is 9.18 Å². The van der Waals surface area contributed by atoms with Gasteiger partial charge in [0, 0.05) is 39.7 Å². The second kappa shape index (κ2) is 5.33. The average molecular weight is 368 g/mol. The zero-order chi connectivity index (χ0) is 17.0. The van der Waals surface area contributed by atoms with Crippen LogP contribution in [0, 0.1) is 5.82 Å². The fraction of sp³-hybridized carbons (Fsp3) is 0. The van der Waals surface area contributed by atoms with Crippen molar-refractivity contribution in [3.63, 3.8) is 0 Å². The van der Waals surface area contributed by atoms with E-state index < -0.39 is 0 Å². The standard InChI is InChI=1S/C17H9FN4OS2/c18-10-1-2-13-11(5-10)12(7-19-13)16-21-22-15(23)6-14(20-17(22)25-16)9-3-4-24-8-9/h1-8,19H. The molecular weight excluding hydrogens is 359 g/mol. The zero-order valence-electron chi connectivity index (χ0n) is 12.6. The lowest BCUT2D eigenvalue weighted by Gasteiger charge is -1.95. The molecule has 0 saturated carbocycles. The Bertz CT molecular complexity index is 1280. The van der Waals surface area contributed by atoms with Gasteiger partial charge in [0.2, 0.25) is 4.96 Å². The third kappa shape index (κ3) is 2.30. The molecule has 25 heavy (non-hydrogen) atoms. The molecule has 0 fully saturated rings. The molecule has 1 aromatic carbocycles. The summed E-state index contributed by atoms with van der Waals surface area (Å²) in [5.41, 5.74) is 2.87. The molecule has 0 amide bonds. The molecule has 122 valence electrons. The van der Waals surface area contributed by atoms with Crippen LogP contribution in [-0.2, 0) is 0 Å². The lowest BCUT2D eigenvalue weighted by atomic mass is 10.2. The molecule has 4 aromatic heterocycles. The Kier molecular flexibility index (Phi) is 3.09. The third-order valence-corrected chi connectivity index (χ3v) is 5.56. The highest BCUT2D eigenvalue weighted by molar-refractivity contribution is 7.20. The average Bonchev–Trinajstić information content (AvgIpc) is 3.33. The normalized spacial score (nSPS) is 11.6. The summed E-state index contributed by atoms with van der Waals surface area (Å²) in [6.07, 6.45) is 1.77. The number of aromatic amines is 1. The van der Waals surface area contributed by atoms with Crippen molar-refractivity contribution in [2.45, 2.75) is 0 Å². The quantitative estimate of drug-likeness (QED) is 0.509. The smallest absolute Gasteiger partial charge is 0.275 e. The van der Waals surface area contributed by atoms with E-state index in [-0.39, 0.29) is 11.4 Å². The first-order valence-corrected chi connectivity index (χ1v) is 9.15. The summed E-state index contributed by atoms with van der Waals surface area (Å²) in [6, 6.07) is 7.95. The second-order valence-corrected chi connectivity index (χ2v) is 7.22. The molecule has 5 nitrogen and oxygen atoms in total. The summed E-state index contributed by atoms with van der Waals surface area (Å²) in [5.74, 6) is -0.315. The summed E-state index contributed by atoms with van der Waals surface area (Å²) in [4.78, 5) is 20.6. The van der Waals surface area contributed by atoms with E-state index in [1.165, 1.54) is 34.1 Å². The van der Waals surface area contributed by atoms with Crippen molar-refractivity contribution < 1.29 is 4.39 Å². The lowest BCUT2D eigenvalue weighted by Crippen LogP contribution is -2.13. The maximum atomic E-state index is 13.6. The molecule has 0 unspecified atom stereocenters. The van der Waals surface area contributed by atoms with Crippen LogP contribution in [0.25, 0.3) is 37.7 Å². The molecule has 0 bridgehead atoms. The Hall–Kier alpha value is -2.84. The molecule has 0 aliphatic heterocycles. The highest BCUT2D eigenvalue weighted by Gasteiger charge is 2.15. The summed E-state index contributed by atoms with van der Waals surface area (Å²) in [6.45, 7) is 0. The van der Waals surface area contributed by atoms with E-state index >= 15 is 0 Å². The molecule has 5 aromatic rings.